The van der Waals surface area contributed by atoms with Gasteiger partial charge in [0.25, 0.3) is 0 Å². The van der Waals surface area contributed by atoms with Crippen molar-refractivity contribution >= 4 is 23.3 Å². The number of carbonyl (C=O) groups excluding carboxylic acids is 3. The summed E-state index contributed by atoms with van der Waals surface area (Å²) >= 11 is 0. The second-order valence-corrected chi connectivity index (χ2v) is 5.78. The Hall–Kier alpha value is -3.02. The Morgan fingerprint density at radius 2 is 1.76 bits per heavy atom. The number of ether oxygens (including phenoxy) is 1. The molecular weight excluding hydrogens is 325 g/mol. The number of esters is 1. The number of ketones is 1. The van der Waals surface area contributed by atoms with Crippen LogP contribution < -0.4 is 4.90 Å². The normalized spacial score (nSPS) is 16.8. The molecule has 3 rings (SSSR count). The van der Waals surface area contributed by atoms with Crippen molar-refractivity contribution in [3.63, 3.8) is 0 Å². The van der Waals surface area contributed by atoms with Crippen LogP contribution in [-0.4, -0.2) is 30.8 Å². The number of rotatable bonds is 5. The molecule has 0 bridgehead atoms. The second kappa shape index (κ2) is 7.25. The molecule has 1 aliphatic heterocycles. The van der Waals surface area contributed by atoms with Crippen LogP contribution in [0.25, 0.3) is 0 Å². The van der Waals surface area contributed by atoms with E-state index in [1.165, 1.54) is 29.2 Å². The van der Waals surface area contributed by atoms with Gasteiger partial charge in [0, 0.05) is 24.2 Å². The number of halogens is 1. The molecule has 1 aliphatic rings. The van der Waals surface area contributed by atoms with Gasteiger partial charge in [-0.3, -0.25) is 14.4 Å². The van der Waals surface area contributed by atoms with E-state index in [4.69, 9.17) is 4.74 Å². The summed E-state index contributed by atoms with van der Waals surface area (Å²) in [7, 11) is 0. The first-order valence-electron chi connectivity index (χ1n) is 7.85. The molecule has 1 heterocycles. The maximum Gasteiger partial charge on any atom is 0.311 e. The Kier molecular flexibility index (Phi) is 4.88. The maximum absolute atomic E-state index is 13.0. The number of nitrogens with zero attached hydrogens (tertiary/aromatic N) is 1. The van der Waals surface area contributed by atoms with Crippen LogP contribution in [0, 0.1) is 11.7 Å². The van der Waals surface area contributed by atoms with Crippen molar-refractivity contribution in [3.8, 4) is 0 Å². The van der Waals surface area contributed by atoms with E-state index >= 15 is 0 Å². The fourth-order valence-electron chi connectivity index (χ4n) is 2.70. The van der Waals surface area contributed by atoms with Crippen LogP contribution in [0.2, 0.25) is 0 Å². The van der Waals surface area contributed by atoms with Gasteiger partial charge < -0.3 is 9.64 Å². The molecule has 1 saturated heterocycles. The van der Waals surface area contributed by atoms with Crippen LogP contribution in [0.4, 0.5) is 10.1 Å². The highest BCUT2D eigenvalue weighted by molar-refractivity contribution is 6.00. The topological polar surface area (TPSA) is 63.7 Å². The Morgan fingerprint density at radius 1 is 1.08 bits per heavy atom. The number of amides is 1. The van der Waals surface area contributed by atoms with E-state index in [-0.39, 0.29) is 31.3 Å². The van der Waals surface area contributed by atoms with Gasteiger partial charge in [-0.15, -0.1) is 0 Å². The van der Waals surface area contributed by atoms with Crippen LogP contribution in [0.1, 0.15) is 16.8 Å². The lowest BCUT2D eigenvalue weighted by Gasteiger charge is -2.16. The first-order chi connectivity index (χ1) is 12.0. The second-order valence-electron chi connectivity index (χ2n) is 5.78. The van der Waals surface area contributed by atoms with Gasteiger partial charge in [-0.1, -0.05) is 30.3 Å². The fourth-order valence-corrected chi connectivity index (χ4v) is 2.70. The standard InChI is InChI=1S/C19H16FNO4/c20-15-6-8-16(9-7-15)21-11-14(10-18(21)23)19(24)25-12-17(22)13-4-2-1-3-5-13/h1-9,14H,10-12H2/t14-/m1/s1. The van der Waals surface area contributed by atoms with E-state index in [0.29, 0.717) is 11.3 Å². The minimum atomic E-state index is -0.638. The highest BCUT2D eigenvalue weighted by Gasteiger charge is 2.36. The van der Waals surface area contributed by atoms with Gasteiger partial charge >= 0.3 is 5.97 Å². The first kappa shape index (κ1) is 16.8. The maximum atomic E-state index is 13.0. The van der Waals surface area contributed by atoms with E-state index in [2.05, 4.69) is 0 Å². The molecule has 0 aliphatic carbocycles. The third-order valence-electron chi connectivity index (χ3n) is 4.04. The Morgan fingerprint density at radius 3 is 2.44 bits per heavy atom. The molecule has 2 aromatic rings. The molecule has 0 radical (unpaired) electrons. The van der Waals surface area contributed by atoms with Crippen LogP contribution in [0.3, 0.4) is 0 Å². The number of anilines is 1. The van der Waals surface area contributed by atoms with Crippen molar-refractivity contribution in [2.75, 3.05) is 18.1 Å². The quantitative estimate of drug-likeness (QED) is 0.619. The number of carbonyl (C=O) groups is 3. The Balaban J connectivity index is 1.57. The Labute approximate surface area is 144 Å². The highest BCUT2D eigenvalue weighted by Crippen LogP contribution is 2.26. The van der Waals surface area contributed by atoms with E-state index < -0.39 is 17.7 Å². The summed E-state index contributed by atoms with van der Waals surface area (Å²) in [4.78, 5) is 37.6. The largest absolute Gasteiger partial charge is 0.457 e. The van der Waals surface area contributed by atoms with E-state index in [1.807, 2.05) is 0 Å². The molecular formula is C19H16FNO4. The average molecular weight is 341 g/mol. The molecule has 1 atom stereocenters. The molecule has 128 valence electrons. The minimum absolute atomic E-state index is 0.00966. The predicted molar refractivity (Wildman–Crippen MR) is 88.6 cm³/mol. The van der Waals surface area contributed by atoms with Gasteiger partial charge in [0.15, 0.2) is 12.4 Å². The molecule has 1 fully saturated rings. The number of hydrogen-bond donors (Lipinski definition) is 0. The summed E-state index contributed by atoms with van der Waals surface area (Å²) in [6, 6.07) is 14.0. The summed E-state index contributed by atoms with van der Waals surface area (Å²) in [5, 5.41) is 0. The van der Waals surface area contributed by atoms with Crippen LogP contribution >= 0.6 is 0 Å². The van der Waals surface area contributed by atoms with Crippen molar-refractivity contribution in [1.82, 2.24) is 0 Å². The van der Waals surface area contributed by atoms with E-state index in [9.17, 15) is 18.8 Å². The molecule has 6 heteroatoms. The monoisotopic (exact) mass is 341 g/mol. The molecule has 1 amide bonds. The summed E-state index contributed by atoms with van der Waals surface area (Å²) < 4.78 is 18.0. The van der Waals surface area contributed by atoms with Crippen molar-refractivity contribution in [1.29, 1.82) is 0 Å². The lowest BCUT2D eigenvalue weighted by Crippen LogP contribution is -2.27. The number of benzene rings is 2. The lowest BCUT2D eigenvalue weighted by molar-refractivity contribution is -0.147. The summed E-state index contributed by atoms with van der Waals surface area (Å²) in [5.41, 5.74) is 0.993. The Bertz CT molecular complexity index is 789. The zero-order chi connectivity index (χ0) is 17.8. The summed E-state index contributed by atoms with van der Waals surface area (Å²) in [6.45, 7) is -0.201. The van der Waals surface area contributed by atoms with Gasteiger partial charge in [-0.25, -0.2) is 4.39 Å². The third-order valence-corrected chi connectivity index (χ3v) is 4.04. The van der Waals surface area contributed by atoms with Gasteiger partial charge in [0.1, 0.15) is 5.82 Å². The molecule has 0 N–H and O–H groups in total. The number of hydrogen-bond acceptors (Lipinski definition) is 4. The zero-order valence-corrected chi connectivity index (χ0v) is 13.4. The SMILES string of the molecule is O=C(COC(=O)[C@@H]1CC(=O)N(c2ccc(F)cc2)C1)c1ccccc1. The zero-order valence-electron chi connectivity index (χ0n) is 13.4. The molecule has 5 nitrogen and oxygen atoms in total. The number of Topliss-reactive ketones (excluding diaryl/α,β-unsaturated/α-hetero) is 1. The third kappa shape index (κ3) is 3.91. The van der Waals surface area contributed by atoms with Gasteiger partial charge in [0.05, 0.1) is 5.92 Å². The predicted octanol–water partition coefficient (Wildman–Crippen LogP) is 2.60. The van der Waals surface area contributed by atoms with Crippen molar-refractivity contribution in [3.05, 3.63) is 66.0 Å². The molecule has 25 heavy (non-hydrogen) atoms. The van der Waals surface area contributed by atoms with Crippen molar-refractivity contribution in [2.24, 2.45) is 5.92 Å². The molecule has 0 spiro atoms. The molecule has 0 aromatic heterocycles. The van der Waals surface area contributed by atoms with Crippen molar-refractivity contribution in [2.45, 2.75) is 6.42 Å². The lowest BCUT2D eigenvalue weighted by atomic mass is 10.1. The van der Waals surface area contributed by atoms with Crippen molar-refractivity contribution < 1.29 is 23.5 Å². The highest BCUT2D eigenvalue weighted by atomic mass is 19.1. The molecule has 2 aromatic carbocycles. The van der Waals surface area contributed by atoms with Gasteiger partial charge in [-0.05, 0) is 24.3 Å². The van der Waals surface area contributed by atoms with Crippen LogP contribution in [-0.2, 0) is 14.3 Å². The van der Waals surface area contributed by atoms with Gasteiger partial charge in [0.2, 0.25) is 5.91 Å². The fraction of sp³-hybridized carbons (Fsp3) is 0.211. The summed E-state index contributed by atoms with van der Waals surface area (Å²) in [6.07, 6.45) is 0.00966. The summed E-state index contributed by atoms with van der Waals surface area (Å²) in [5.74, 6) is -2.15. The molecule has 0 unspecified atom stereocenters. The van der Waals surface area contributed by atoms with E-state index in [0.717, 1.165) is 0 Å². The van der Waals surface area contributed by atoms with Crippen LogP contribution in [0.15, 0.2) is 54.6 Å². The first-order valence-corrected chi connectivity index (χ1v) is 7.85. The van der Waals surface area contributed by atoms with Crippen LogP contribution in [0.5, 0.6) is 0 Å². The average Bonchev–Trinajstić information content (AvgIpc) is 3.02. The molecule has 0 saturated carbocycles. The smallest absolute Gasteiger partial charge is 0.311 e. The van der Waals surface area contributed by atoms with E-state index in [1.54, 1.807) is 30.3 Å². The van der Waals surface area contributed by atoms with Gasteiger partial charge in [-0.2, -0.15) is 0 Å². The minimum Gasteiger partial charge on any atom is -0.457 e.